The molecule has 0 unspecified atom stereocenters. The summed E-state index contributed by atoms with van der Waals surface area (Å²) in [6.07, 6.45) is 0. The first-order valence-electron chi connectivity index (χ1n) is 4.68. The Morgan fingerprint density at radius 3 is 2.00 bits per heavy atom. The first-order chi connectivity index (χ1) is 7.38. The molecule has 15 heavy (non-hydrogen) atoms. The van der Waals surface area contributed by atoms with Crippen LogP contribution in [0.15, 0.2) is 54.6 Å². The Labute approximate surface area is 95.9 Å². The quantitative estimate of drug-likeness (QED) is 0.767. The molecule has 0 saturated heterocycles. The third-order valence-electron chi connectivity index (χ3n) is 2.00. The second-order valence-electron chi connectivity index (χ2n) is 3.07. The summed E-state index contributed by atoms with van der Waals surface area (Å²) < 4.78 is 6.98. The molecular formula is C13H11AsO. The molecule has 2 aromatic rings. The fraction of sp³-hybridized carbons (Fsp3) is 0. The van der Waals surface area contributed by atoms with Crippen molar-refractivity contribution >= 4 is 25.0 Å². The van der Waals surface area contributed by atoms with E-state index in [1.807, 2.05) is 42.5 Å². The summed E-state index contributed by atoms with van der Waals surface area (Å²) in [5.41, 5.74) is 0. The molecule has 0 fully saturated rings. The van der Waals surface area contributed by atoms with Crippen LogP contribution in [0, 0.1) is 0 Å². The van der Waals surface area contributed by atoms with Crippen molar-refractivity contribution in [2.24, 2.45) is 0 Å². The Morgan fingerprint density at radius 2 is 1.40 bits per heavy atom. The normalized spacial score (nSPS) is 10.1. The summed E-state index contributed by atoms with van der Waals surface area (Å²) in [5.74, 6) is 1.74. The molecular weight excluding hydrogens is 247 g/mol. The van der Waals surface area contributed by atoms with Gasteiger partial charge < -0.3 is 0 Å². The predicted octanol–water partition coefficient (Wildman–Crippen LogP) is 2.24. The number of hydrogen-bond acceptors (Lipinski definition) is 1. The van der Waals surface area contributed by atoms with Crippen LogP contribution in [0.2, 0.25) is 0 Å². The minimum absolute atomic E-state index is 0.0606. The fourth-order valence-electron chi connectivity index (χ4n) is 1.24. The van der Waals surface area contributed by atoms with Crippen LogP contribution in [-0.2, 0) is 0 Å². The molecule has 0 saturated carbocycles. The Balaban J connectivity index is 2.15. The number of hydrogen-bond donors (Lipinski definition) is 0. The molecule has 0 aliphatic rings. The van der Waals surface area contributed by atoms with Gasteiger partial charge in [-0.1, -0.05) is 0 Å². The summed E-state index contributed by atoms with van der Waals surface area (Å²) in [6, 6.07) is 17.9. The van der Waals surface area contributed by atoms with Gasteiger partial charge in [0.15, 0.2) is 0 Å². The van der Waals surface area contributed by atoms with Gasteiger partial charge in [-0.15, -0.1) is 0 Å². The van der Waals surface area contributed by atoms with Crippen LogP contribution in [0.25, 0.3) is 0 Å². The Bertz CT molecular complexity index is 434. The molecule has 0 spiro atoms. The van der Waals surface area contributed by atoms with Crippen molar-refractivity contribution in [2.45, 2.75) is 0 Å². The van der Waals surface area contributed by atoms with Crippen LogP contribution in [0.3, 0.4) is 0 Å². The summed E-state index contributed by atoms with van der Waals surface area (Å²) in [5, 5.41) is 3.92. The second kappa shape index (κ2) is 4.95. The zero-order chi connectivity index (χ0) is 10.5. The molecule has 0 amide bonds. The van der Waals surface area contributed by atoms with Gasteiger partial charge >= 0.3 is 95.8 Å². The molecule has 0 aromatic heterocycles. The summed E-state index contributed by atoms with van der Waals surface area (Å²) >= 11 is 0.0606. The van der Waals surface area contributed by atoms with E-state index in [-0.39, 0.29) is 15.3 Å². The number of para-hydroxylation sites is 1. The molecule has 0 N–H and O–H groups in total. The first-order valence-corrected chi connectivity index (χ1v) is 6.95. The summed E-state index contributed by atoms with van der Waals surface area (Å²) in [7, 11) is 0. The van der Waals surface area contributed by atoms with Crippen LogP contribution in [0.5, 0.6) is 11.5 Å². The van der Waals surface area contributed by atoms with Crippen LogP contribution in [0.1, 0.15) is 0 Å². The van der Waals surface area contributed by atoms with Crippen molar-refractivity contribution in [1.82, 2.24) is 0 Å². The predicted molar refractivity (Wildman–Crippen MR) is 65.5 cm³/mol. The maximum absolute atomic E-state index is 5.67. The van der Waals surface area contributed by atoms with Gasteiger partial charge in [-0.25, -0.2) is 0 Å². The zero-order valence-corrected chi connectivity index (χ0v) is 10.1. The molecule has 74 valence electrons. The topological polar surface area (TPSA) is 9.23 Å². The van der Waals surface area contributed by atoms with E-state index in [0.717, 1.165) is 11.5 Å². The minimum atomic E-state index is 0.0606. The van der Waals surface area contributed by atoms with Gasteiger partial charge in [0.05, 0.1) is 0 Å². The molecule has 0 aliphatic carbocycles. The molecule has 0 radical (unpaired) electrons. The number of ether oxygens (including phenoxy) is 1. The van der Waals surface area contributed by atoms with Crippen molar-refractivity contribution in [3.8, 4) is 11.5 Å². The monoisotopic (exact) mass is 258 g/mol. The van der Waals surface area contributed by atoms with Crippen molar-refractivity contribution in [3.63, 3.8) is 0 Å². The van der Waals surface area contributed by atoms with Gasteiger partial charge in [-0.05, 0) is 0 Å². The summed E-state index contributed by atoms with van der Waals surface area (Å²) in [4.78, 5) is 0. The van der Waals surface area contributed by atoms with Gasteiger partial charge in [0.1, 0.15) is 0 Å². The van der Waals surface area contributed by atoms with Crippen LogP contribution in [-0.4, -0.2) is 20.6 Å². The molecule has 1 nitrogen and oxygen atoms in total. The van der Waals surface area contributed by atoms with Crippen LogP contribution in [0.4, 0.5) is 0 Å². The SMILES string of the molecule is C=[As]c1ccc(Oc2ccccc2)cc1. The van der Waals surface area contributed by atoms with Crippen molar-refractivity contribution in [2.75, 3.05) is 0 Å². The molecule has 0 bridgehead atoms. The van der Waals surface area contributed by atoms with E-state index in [0.29, 0.717) is 0 Å². The van der Waals surface area contributed by atoms with Gasteiger partial charge in [0.25, 0.3) is 0 Å². The van der Waals surface area contributed by atoms with Gasteiger partial charge in [-0.2, -0.15) is 0 Å². The van der Waals surface area contributed by atoms with E-state index in [2.05, 4.69) is 17.4 Å². The molecule has 0 atom stereocenters. The standard InChI is InChI=1S/C13H11AsO/c1-14-11-7-9-13(10-8-11)15-12-5-3-2-4-6-12/h2-10H,1H2. The van der Waals surface area contributed by atoms with E-state index in [1.165, 1.54) is 4.35 Å². The van der Waals surface area contributed by atoms with Crippen LogP contribution >= 0.6 is 0 Å². The molecule has 0 heterocycles. The van der Waals surface area contributed by atoms with Gasteiger partial charge in [0, 0.05) is 0 Å². The Morgan fingerprint density at radius 1 is 0.800 bits per heavy atom. The van der Waals surface area contributed by atoms with Crippen molar-refractivity contribution in [3.05, 3.63) is 54.6 Å². The molecule has 0 aliphatic heterocycles. The third kappa shape index (κ3) is 2.81. The average molecular weight is 258 g/mol. The van der Waals surface area contributed by atoms with E-state index < -0.39 is 0 Å². The van der Waals surface area contributed by atoms with E-state index in [4.69, 9.17) is 4.74 Å². The molecule has 2 aromatic carbocycles. The zero-order valence-electron chi connectivity index (χ0n) is 8.26. The Hall–Kier alpha value is -1.33. The molecule has 2 rings (SSSR count). The second-order valence-corrected chi connectivity index (χ2v) is 4.81. The first kappa shape index (κ1) is 10.2. The van der Waals surface area contributed by atoms with Crippen LogP contribution < -0.4 is 9.09 Å². The molecule has 2 heteroatoms. The fourth-order valence-corrected chi connectivity index (χ4v) is 2.00. The third-order valence-corrected chi connectivity index (χ3v) is 3.39. The number of benzene rings is 2. The van der Waals surface area contributed by atoms with Crippen molar-refractivity contribution < 1.29 is 4.74 Å². The van der Waals surface area contributed by atoms with E-state index in [1.54, 1.807) is 0 Å². The average Bonchev–Trinajstić information content (AvgIpc) is 2.31. The summed E-state index contributed by atoms with van der Waals surface area (Å²) in [6.45, 7) is 0. The van der Waals surface area contributed by atoms with Gasteiger partial charge in [-0.3, -0.25) is 0 Å². The van der Waals surface area contributed by atoms with Gasteiger partial charge in [0.2, 0.25) is 0 Å². The maximum atomic E-state index is 5.67. The van der Waals surface area contributed by atoms with E-state index >= 15 is 0 Å². The van der Waals surface area contributed by atoms with Crippen molar-refractivity contribution in [1.29, 1.82) is 0 Å². The van der Waals surface area contributed by atoms with E-state index in [9.17, 15) is 0 Å². The Kier molecular flexibility index (Phi) is 3.36. The number of rotatable bonds is 3.